The first-order valence-electron chi connectivity index (χ1n) is 31.0. The van der Waals surface area contributed by atoms with Crippen molar-refractivity contribution < 1.29 is 51.9 Å². The van der Waals surface area contributed by atoms with E-state index in [0.717, 1.165) is 102 Å². The first kappa shape index (κ1) is 75.6. The molecule has 3 aliphatic heterocycles. The van der Waals surface area contributed by atoms with Gasteiger partial charge in [-0.25, -0.2) is 17.6 Å². The second kappa shape index (κ2) is 34.7. The number of carbonyl (C=O) groups is 2. The normalized spacial score (nSPS) is 19.1. The van der Waals surface area contributed by atoms with Crippen LogP contribution in [0.15, 0.2) is 94.3 Å². The molecule has 0 aliphatic carbocycles. The average Bonchev–Trinajstić information content (AvgIpc) is 1.35. The minimum atomic E-state index is -0.954. The Hall–Kier alpha value is -6.07. The lowest BCUT2D eigenvalue weighted by atomic mass is 9.87. The van der Waals surface area contributed by atoms with E-state index in [1.165, 1.54) is 12.1 Å². The highest BCUT2D eigenvalue weighted by Crippen LogP contribution is 2.37. The fourth-order valence-electron chi connectivity index (χ4n) is 11.3. The number of esters is 2. The van der Waals surface area contributed by atoms with E-state index in [1.54, 1.807) is 64.5 Å². The SMILES string of the molecule is C[C@@H]1CNC[C@H](CC(=O)OC(C)(C)C)C1.Cc1c(F)cc(Br)c2cccnc12.Cc1c(F)cc(N2C[C@@H](C)C[C@@H](CC(=O)OC(C)(C)C)C2)c2cccnc12.Cc1c(F)cc(N2C[C@@H](C)C[C@@H](N)C2)c2cccnc12.Cc1c(N)cc(Br)cc1F.OCC(O)CO. The van der Waals surface area contributed by atoms with Crippen LogP contribution < -0.4 is 26.6 Å². The first-order valence-corrected chi connectivity index (χ1v) is 32.5. The number of ether oxygens (including phenoxy) is 2. The molecule has 0 bridgehead atoms. The molecule has 21 heteroatoms. The van der Waals surface area contributed by atoms with Gasteiger partial charge in [-0.15, -0.1) is 0 Å². The van der Waals surface area contributed by atoms with E-state index in [-0.39, 0.29) is 66.0 Å². The third-order valence-electron chi connectivity index (χ3n) is 15.5. The number of anilines is 3. The summed E-state index contributed by atoms with van der Waals surface area (Å²) in [5, 5.41) is 30.3. The van der Waals surface area contributed by atoms with Crippen LogP contribution in [0.25, 0.3) is 32.7 Å². The van der Waals surface area contributed by atoms with Crippen molar-refractivity contribution in [2.45, 2.75) is 145 Å². The van der Waals surface area contributed by atoms with E-state index in [0.29, 0.717) is 74.4 Å². The quantitative estimate of drug-likeness (QED) is 0.0473. The van der Waals surface area contributed by atoms with Gasteiger partial charge in [0.25, 0.3) is 0 Å². The summed E-state index contributed by atoms with van der Waals surface area (Å²) in [6, 6.07) is 19.5. The van der Waals surface area contributed by atoms with Crippen molar-refractivity contribution in [1.82, 2.24) is 20.3 Å². The number of nitrogens with zero attached hydrogens (tertiary/aromatic N) is 5. The van der Waals surface area contributed by atoms with Crippen molar-refractivity contribution in [2.75, 3.05) is 68.0 Å². The molecule has 0 unspecified atom stereocenters. The first-order chi connectivity index (χ1) is 42.7. The Morgan fingerprint density at radius 1 is 0.604 bits per heavy atom. The van der Waals surface area contributed by atoms with Gasteiger partial charge < -0.3 is 51.4 Å². The largest absolute Gasteiger partial charge is 0.460 e. The fourth-order valence-corrected chi connectivity index (χ4v) is 12.3. The number of aryl methyl sites for hydroxylation is 3. The molecule has 7 aromatic rings. The van der Waals surface area contributed by atoms with Crippen molar-refractivity contribution in [1.29, 1.82) is 0 Å². The van der Waals surface area contributed by atoms with Crippen LogP contribution in [0.5, 0.6) is 0 Å². The lowest BCUT2D eigenvalue weighted by Crippen LogP contribution is -2.46. The minimum Gasteiger partial charge on any atom is -0.460 e. The second-order valence-electron chi connectivity index (χ2n) is 26.4. The van der Waals surface area contributed by atoms with Crippen LogP contribution in [0, 0.1) is 80.6 Å². The van der Waals surface area contributed by atoms with E-state index in [4.69, 9.17) is 36.3 Å². The number of halogens is 6. The van der Waals surface area contributed by atoms with Crippen LogP contribution in [0.1, 0.15) is 117 Å². The summed E-state index contributed by atoms with van der Waals surface area (Å²) in [5.74, 6) is 1.10. The highest BCUT2D eigenvalue weighted by atomic mass is 79.9. The molecule has 3 saturated heterocycles. The van der Waals surface area contributed by atoms with Gasteiger partial charge in [-0.2, -0.15) is 0 Å². The number of nitrogens with one attached hydrogen (secondary N) is 1. The molecule has 91 heavy (non-hydrogen) atoms. The number of aliphatic hydroxyl groups is 3. The molecule has 6 heterocycles. The van der Waals surface area contributed by atoms with Gasteiger partial charge in [0.2, 0.25) is 0 Å². The third kappa shape index (κ3) is 23.5. The van der Waals surface area contributed by atoms with Gasteiger partial charge in [-0.1, -0.05) is 42.8 Å². The van der Waals surface area contributed by atoms with Crippen LogP contribution in [0.4, 0.5) is 34.6 Å². The van der Waals surface area contributed by atoms with Gasteiger partial charge >= 0.3 is 11.9 Å². The number of aliphatic hydroxyl groups excluding tert-OH is 3. The second-order valence-corrected chi connectivity index (χ2v) is 28.1. The zero-order valence-electron chi connectivity index (χ0n) is 54.9. The van der Waals surface area contributed by atoms with Crippen molar-refractivity contribution in [3.63, 3.8) is 0 Å². The maximum absolute atomic E-state index is 14.5. The van der Waals surface area contributed by atoms with Gasteiger partial charge in [0, 0.05) is 122 Å². The van der Waals surface area contributed by atoms with Crippen LogP contribution >= 0.6 is 31.9 Å². The Kier molecular flexibility index (Phi) is 28.9. The summed E-state index contributed by atoms with van der Waals surface area (Å²) in [6.45, 7) is 29.4. The van der Waals surface area contributed by atoms with E-state index >= 15 is 0 Å². The predicted octanol–water partition coefficient (Wildman–Crippen LogP) is 14.0. The molecule has 0 amide bonds. The van der Waals surface area contributed by atoms with E-state index in [9.17, 15) is 27.2 Å². The average molecular weight is 1400 g/mol. The number of rotatable bonds is 8. The third-order valence-corrected chi connectivity index (χ3v) is 16.6. The number of hydrogen-bond donors (Lipinski definition) is 6. The molecular formula is C70H94Br2F4N8O7. The summed E-state index contributed by atoms with van der Waals surface area (Å²) < 4.78 is 66.9. The van der Waals surface area contributed by atoms with Gasteiger partial charge in [0.05, 0.1) is 36.2 Å². The topological polar surface area (TPSA) is 223 Å². The van der Waals surface area contributed by atoms with Crippen LogP contribution in [0.3, 0.4) is 0 Å². The number of nitrogen functional groups attached to an aromatic ring is 1. The van der Waals surface area contributed by atoms with Gasteiger partial charge in [0.1, 0.15) is 40.6 Å². The zero-order chi connectivity index (χ0) is 67.7. The molecule has 10 rings (SSSR count). The predicted molar refractivity (Wildman–Crippen MR) is 365 cm³/mol. The molecule has 15 nitrogen and oxygen atoms in total. The highest BCUT2D eigenvalue weighted by molar-refractivity contribution is 9.11. The summed E-state index contributed by atoms with van der Waals surface area (Å²) in [6.07, 6.45) is 8.20. The molecule has 498 valence electrons. The zero-order valence-corrected chi connectivity index (χ0v) is 58.1. The van der Waals surface area contributed by atoms with Gasteiger partial charge in [-0.05, 0) is 208 Å². The maximum atomic E-state index is 14.5. The summed E-state index contributed by atoms with van der Waals surface area (Å²) >= 11 is 6.43. The summed E-state index contributed by atoms with van der Waals surface area (Å²) in [5.41, 5.74) is 17.4. The van der Waals surface area contributed by atoms with E-state index < -0.39 is 11.7 Å². The standard InChI is InChI=1S/C22H29FN2O2.C16H20FN3.C12H23NO2.C10H7BrFN.C7H7BrFN.C3H8O3/c1-14-9-16(10-20(26)27-22(3,4)5)13-25(12-14)19-11-18(23)15(2)21-17(19)7-6-8-24-21;1-10-6-12(18)9-20(8-10)15-7-14(17)11(2)16-13(15)4-3-5-19-16;1-9-5-10(8-13-7-9)6-11(14)15-12(2,3)4;1-6-9(12)5-8(11)7-3-2-4-13-10(6)7;1-4-6(9)2-5(8)3-7(4)10;4-1-3(6)2-5/h6-8,11,14,16H,9-10,12-13H2,1-5H3;3-5,7,10,12H,6,8-9,18H2,1-2H3;9-10,13H,5-8H2,1-4H3;2-5H,1H3;2-3H,10H2,1H3;3-6H,1-2H2/t14-,16-;10-,12+;9-,10-;;;/m000.../s1. The fraction of sp³-hybridized carbons (Fsp3) is 0.500. The minimum absolute atomic E-state index is 0.0663. The monoisotopic (exact) mass is 1390 g/mol. The number of fused-ring (bicyclic) bond motifs is 3. The Morgan fingerprint density at radius 3 is 1.46 bits per heavy atom. The van der Waals surface area contributed by atoms with Gasteiger partial charge in [0.15, 0.2) is 0 Å². The lowest BCUT2D eigenvalue weighted by molar-refractivity contribution is -0.157. The molecule has 4 aromatic carbocycles. The summed E-state index contributed by atoms with van der Waals surface area (Å²) in [4.78, 5) is 41.1. The molecule has 0 saturated carbocycles. The smallest absolute Gasteiger partial charge is 0.306 e. The number of pyridine rings is 3. The van der Waals surface area contributed by atoms with Crippen LogP contribution in [0.2, 0.25) is 0 Å². The van der Waals surface area contributed by atoms with Crippen molar-refractivity contribution in [3.8, 4) is 0 Å². The number of hydrogen-bond acceptors (Lipinski definition) is 15. The van der Waals surface area contributed by atoms with Crippen LogP contribution in [-0.2, 0) is 19.1 Å². The number of carbonyl (C=O) groups excluding carboxylic acids is 2. The van der Waals surface area contributed by atoms with Crippen molar-refractivity contribution >= 4 is 93.6 Å². The molecule has 6 atom stereocenters. The molecule has 3 aromatic heterocycles. The number of benzene rings is 4. The van der Waals surface area contributed by atoms with Crippen molar-refractivity contribution in [2.24, 2.45) is 35.3 Å². The Bertz CT molecular complexity index is 3500. The van der Waals surface area contributed by atoms with Gasteiger partial charge in [-0.3, -0.25) is 24.5 Å². The van der Waals surface area contributed by atoms with Crippen molar-refractivity contribution in [3.05, 3.63) is 140 Å². The maximum Gasteiger partial charge on any atom is 0.306 e. The Balaban J connectivity index is 0.000000209. The van der Waals surface area contributed by atoms with E-state index in [2.05, 4.69) is 82.7 Å². The number of aromatic nitrogens is 3. The Labute approximate surface area is 551 Å². The van der Waals surface area contributed by atoms with E-state index in [1.807, 2.05) is 77.9 Å². The Morgan fingerprint density at radius 2 is 1.02 bits per heavy atom. The lowest BCUT2D eigenvalue weighted by Gasteiger charge is -2.38. The van der Waals surface area contributed by atoms with Crippen LogP contribution in [-0.4, -0.2) is 118 Å². The molecule has 0 spiro atoms. The molecule has 3 aliphatic rings. The molecule has 8 N–H and O–H groups in total. The molecule has 0 radical (unpaired) electrons. The molecular weight excluding hydrogens is 1300 g/mol. The molecule has 3 fully saturated rings. The highest BCUT2D eigenvalue weighted by Gasteiger charge is 2.31. The number of nitrogens with two attached hydrogens (primary N) is 2. The summed E-state index contributed by atoms with van der Waals surface area (Å²) in [7, 11) is 0. The number of piperidine rings is 3.